The zero-order valence-electron chi connectivity index (χ0n) is 9.91. The molecule has 0 amide bonds. The first-order valence-corrected chi connectivity index (χ1v) is 6.87. The first-order chi connectivity index (χ1) is 8.72. The number of nitrogens with zero attached hydrogens (tertiary/aromatic N) is 2. The van der Waals surface area contributed by atoms with Crippen LogP contribution in [0.15, 0.2) is 27.1 Å². The molecule has 1 aromatic heterocycles. The van der Waals surface area contributed by atoms with Gasteiger partial charge in [0.05, 0.1) is 17.1 Å². The normalized spacial score (nSPS) is 10.8. The van der Waals surface area contributed by atoms with E-state index in [4.69, 9.17) is 16.0 Å². The van der Waals surface area contributed by atoms with E-state index in [0.29, 0.717) is 23.3 Å². The van der Waals surface area contributed by atoms with Crippen molar-refractivity contribution < 1.29 is 4.42 Å². The molecule has 0 radical (unpaired) electrons. The fraction of sp³-hybridized carbons (Fsp3) is 0.333. The van der Waals surface area contributed by atoms with E-state index in [1.165, 1.54) is 0 Å². The minimum Gasteiger partial charge on any atom is -0.419 e. The van der Waals surface area contributed by atoms with E-state index in [1.807, 2.05) is 18.2 Å². The highest BCUT2D eigenvalue weighted by atomic mass is 79.9. The molecular weight excluding hydrogens is 318 g/mol. The number of rotatable bonds is 5. The Balaban J connectivity index is 2.16. The van der Waals surface area contributed by atoms with Gasteiger partial charge in [-0.25, -0.2) is 0 Å². The Kier molecular flexibility index (Phi) is 4.74. The van der Waals surface area contributed by atoms with Crippen LogP contribution >= 0.6 is 27.5 Å². The fourth-order valence-electron chi connectivity index (χ4n) is 1.47. The van der Waals surface area contributed by atoms with E-state index >= 15 is 0 Å². The molecular formula is C12H13BrClN3O. The predicted octanol–water partition coefficient (Wildman–Crippen LogP) is 3.65. The first-order valence-electron chi connectivity index (χ1n) is 5.70. The second-order valence-corrected chi connectivity index (χ2v) is 5.01. The lowest BCUT2D eigenvalue weighted by Crippen LogP contribution is -2.13. The Morgan fingerprint density at radius 1 is 1.39 bits per heavy atom. The van der Waals surface area contributed by atoms with Crippen molar-refractivity contribution in [2.24, 2.45) is 0 Å². The quantitative estimate of drug-likeness (QED) is 0.850. The summed E-state index contributed by atoms with van der Waals surface area (Å²) in [6.07, 6.45) is 1.07. The van der Waals surface area contributed by atoms with Crippen LogP contribution < -0.4 is 5.32 Å². The Bertz CT molecular complexity index is 530. The van der Waals surface area contributed by atoms with Gasteiger partial charge in [0.25, 0.3) is 0 Å². The first kappa shape index (κ1) is 13.5. The summed E-state index contributed by atoms with van der Waals surface area (Å²) in [5.41, 5.74) is 0.736. The zero-order valence-corrected chi connectivity index (χ0v) is 12.3. The smallest absolute Gasteiger partial charge is 0.249 e. The van der Waals surface area contributed by atoms with Gasteiger partial charge in [-0.2, -0.15) is 0 Å². The molecule has 0 spiro atoms. The van der Waals surface area contributed by atoms with Crippen molar-refractivity contribution in [3.8, 4) is 11.5 Å². The van der Waals surface area contributed by atoms with Gasteiger partial charge in [-0.05, 0) is 41.0 Å². The Hall–Kier alpha value is -0.910. The number of hydrogen-bond donors (Lipinski definition) is 1. The van der Waals surface area contributed by atoms with Crippen LogP contribution in [0.25, 0.3) is 11.5 Å². The molecule has 0 aliphatic heterocycles. The van der Waals surface area contributed by atoms with Crippen molar-refractivity contribution in [3.63, 3.8) is 0 Å². The molecule has 96 valence electrons. The number of aromatic nitrogens is 2. The third-order valence-corrected chi connectivity index (χ3v) is 3.65. The molecule has 0 saturated carbocycles. The summed E-state index contributed by atoms with van der Waals surface area (Å²) in [6, 6.07) is 5.60. The molecule has 1 heterocycles. The summed E-state index contributed by atoms with van der Waals surface area (Å²) in [5.74, 6) is 1.00. The van der Waals surface area contributed by atoms with Crippen LogP contribution in [0.5, 0.6) is 0 Å². The van der Waals surface area contributed by atoms with E-state index in [1.54, 1.807) is 0 Å². The second-order valence-electron chi connectivity index (χ2n) is 3.78. The van der Waals surface area contributed by atoms with Gasteiger partial charge in [0.1, 0.15) is 0 Å². The summed E-state index contributed by atoms with van der Waals surface area (Å²) in [5, 5.41) is 11.8. The molecule has 0 atom stereocenters. The van der Waals surface area contributed by atoms with Crippen molar-refractivity contribution in [1.82, 2.24) is 15.5 Å². The standard InChI is InChI=1S/C12H13BrClN3O/c1-2-6-15-7-10-16-17-12(18-10)8-4-3-5-9(13)11(8)14/h3-5,15H,2,6-7H2,1H3. The molecule has 0 unspecified atom stereocenters. The van der Waals surface area contributed by atoms with Crippen LogP contribution in [0.2, 0.25) is 5.02 Å². The van der Waals surface area contributed by atoms with Gasteiger partial charge in [-0.3, -0.25) is 0 Å². The van der Waals surface area contributed by atoms with Crippen LogP contribution in [0.4, 0.5) is 0 Å². The zero-order chi connectivity index (χ0) is 13.0. The topological polar surface area (TPSA) is 51.0 Å². The van der Waals surface area contributed by atoms with Crippen LogP contribution in [-0.4, -0.2) is 16.7 Å². The maximum absolute atomic E-state index is 6.17. The maximum Gasteiger partial charge on any atom is 0.249 e. The highest BCUT2D eigenvalue weighted by Gasteiger charge is 2.13. The van der Waals surface area contributed by atoms with Gasteiger partial charge in [0, 0.05) is 4.47 Å². The second kappa shape index (κ2) is 6.31. The van der Waals surface area contributed by atoms with Crippen LogP contribution in [-0.2, 0) is 6.54 Å². The summed E-state index contributed by atoms with van der Waals surface area (Å²) < 4.78 is 6.37. The van der Waals surface area contributed by atoms with E-state index in [-0.39, 0.29) is 0 Å². The van der Waals surface area contributed by atoms with E-state index in [0.717, 1.165) is 23.0 Å². The molecule has 0 aliphatic carbocycles. The minimum absolute atomic E-state index is 0.439. The Morgan fingerprint density at radius 3 is 3.00 bits per heavy atom. The minimum atomic E-state index is 0.439. The van der Waals surface area contributed by atoms with Crippen molar-refractivity contribution in [3.05, 3.63) is 33.6 Å². The van der Waals surface area contributed by atoms with Crippen LogP contribution in [0.1, 0.15) is 19.2 Å². The van der Waals surface area contributed by atoms with Crippen molar-refractivity contribution in [1.29, 1.82) is 0 Å². The third-order valence-electron chi connectivity index (χ3n) is 2.35. The van der Waals surface area contributed by atoms with Gasteiger partial charge >= 0.3 is 0 Å². The molecule has 2 aromatic rings. The molecule has 0 fully saturated rings. The molecule has 6 heteroatoms. The van der Waals surface area contributed by atoms with Gasteiger partial charge in [-0.1, -0.05) is 24.6 Å². The molecule has 0 saturated heterocycles. The lowest BCUT2D eigenvalue weighted by atomic mass is 10.2. The maximum atomic E-state index is 6.17. The predicted molar refractivity (Wildman–Crippen MR) is 74.4 cm³/mol. The molecule has 2 rings (SSSR count). The SMILES string of the molecule is CCCNCc1nnc(-c2cccc(Br)c2Cl)o1. The average Bonchev–Trinajstić information content (AvgIpc) is 2.82. The number of hydrogen-bond acceptors (Lipinski definition) is 4. The lowest BCUT2D eigenvalue weighted by Gasteiger charge is -2.00. The van der Waals surface area contributed by atoms with Crippen molar-refractivity contribution >= 4 is 27.5 Å². The van der Waals surface area contributed by atoms with E-state index in [2.05, 4.69) is 38.4 Å². The lowest BCUT2D eigenvalue weighted by molar-refractivity contribution is 0.477. The molecule has 4 nitrogen and oxygen atoms in total. The largest absolute Gasteiger partial charge is 0.419 e. The van der Waals surface area contributed by atoms with Crippen molar-refractivity contribution in [2.75, 3.05) is 6.54 Å². The third kappa shape index (κ3) is 3.10. The van der Waals surface area contributed by atoms with Gasteiger partial charge in [0.15, 0.2) is 0 Å². The molecule has 0 aliphatic rings. The summed E-state index contributed by atoms with van der Waals surface area (Å²) in [6.45, 7) is 3.61. The monoisotopic (exact) mass is 329 g/mol. The van der Waals surface area contributed by atoms with Gasteiger partial charge in [0.2, 0.25) is 11.8 Å². The Morgan fingerprint density at radius 2 is 2.22 bits per heavy atom. The number of halogens is 2. The average molecular weight is 331 g/mol. The van der Waals surface area contributed by atoms with Crippen LogP contribution in [0.3, 0.4) is 0 Å². The van der Waals surface area contributed by atoms with Gasteiger partial charge < -0.3 is 9.73 Å². The summed E-state index contributed by atoms with van der Waals surface area (Å²) >= 11 is 9.54. The van der Waals surface area contributed by atoms with Gasteiger partial charge in [-0.15, -0.1) is 10.2 Å². The molecule has 1 N–H and O–H groups in total. The van der Waals surface area contributed by atoms with E-state index < -0.39 is 0 Å². The van der Waals surface area contributed by atoms with Crippen LogP contribution in [0, 0.1) is 0 Å². The molecule has 0 bridgehead atoms. The molecule has 18 heavy (non-hydrogen) atoms. The summed E-state index contributed by atoms with van der Waals surface area (Å²) in [4.78, 5) is 0. The highest BCUT2D eigenvalue weighted by Crippen LogP contribution is 2.32. The summed E-state index contributed by atoms with van der Waals surface area (Å²) in [7, 11) is 0. The van der Waals surface area contributed by atoms with Crippen molar-refractivity contribution in [2.45, 2.75) is 19.9 Å². The Labute approximate surface area is 119 Å². The van der Waals surface area contributed by atoms with E-state index in [9.17, 15) is 0 Å². The molecule has 1 aromatic carbocycles. The fourth-order valence-corrected chi connectivity index (χ4v) is 2.05. The number of benzene rings is 1. The highest BCUT2D eigenvalue weighted by molar-refractivity contribution is 9.10. The number of nitrogens with one attached hydrogen (secondary N) is 1.